The summed E-state index contributed by atoms with van der Waals surface area (Å²) in [6.07, 6.45) is 3.89. The number of nitrogens with one attached hydrogen (secondary N) is 1. The van der Waals surface area contributed by atoms with Gasteiger partial charge >= 0.3 is 0 Å². The van der Waals surface area contributed by atoms with Crippen LogP contribution in [-0.4, -0.2) is 12.5 Å². The molecule has 0 unspecified atom stereocenters. The summed E-state index contributed by atoms with van der Waals surface area (Å²) in [5.74, 6) is -0.0122. The Labute approximate surface area is 92.1 Å². The number of amides is 1. The maximum atomic E-state index is 10.6. The van der Waals surface area contributed by atoms with Crippen LogP contribution in [-0.2, 0) is 4.79 Å². The van der Waals surface area contributed by atoms with Crippen molar-refractivity contribution in [3.63, 3.8) is 0 Å². The molecule has 0 heterocycles. The maximum absolute atomic E-state index is 10.6. The highest BCUT2D eigenvalue weighted by molar-refractivity contribution is 9.10. The summed E-state index contributed by atoms with van der Waals surface area (Å²) < 4.78 is 1.05. The van der Waals surface area contributed by atoms with Crippen molar-refractivity contribution in [2.45, 2.75) is 6.92 Å². The smallest absolute Gasteiger partial charge is 0.217 e. The van der Waals surface area contributed by atoms with Crippen LogP contribution >= 0.6 is 15.9 Å². The number of hydrogen-bond acceptors (Lipinski definition) is 1. The van der Waals surface area contributed by atoms with Crippen LogP contribution in [0.15, 0.2) is 34.8 Å². The summed E-state index contributed by atoms with van der Waals surface area (Å²) in [5.41, 5.74) is 1.11. The molecular weight excluding hydrogens is 242 g/mol. The first-order valence-electron chi connectivity index (χ1n) is 4.35. The molecule has 0 aliphatic rings. The Morgan fingerprint density at radius 1 is 1.50 bits per heavy atom. The van der Waals surface area contributed by atoms with Crippen molar-refractivity contribution in [2.75, 3.05) is 6.54 Å². The molecule has 14 heavy (non-hydrogen) atoms. The fraction of sp³-hybridized carbons (Fsp3) is 0.182. The van der Waals surface area contributed by atoms with E-state index in [9.17, 15) is 4.79 Å². The average Bonchev–Trinajstić information content (AvgIpc) is 2.15. The lowest BCUT2D eigenvalue weighted by atomic mass is 10.2. The third kappa shape index (κ3) is 3.75. The van der Waals surface area contributed by atoms with E-state index in [1.54, 1.807) is 0 Å². The molecule has 1 aromatic rings. The van der Waals surface area contributed by atoms with E-state index in [2.05, 4.69) is 21.2 Å². The zero-order valence-electron chi connectivity index (χ0n) is 7.96. The molecule has 0 saturated heterocycles. The number of benzene rings is 1. The lowest BCUT2D eigenvalue weighted by Gasteiger charge is -1.97. The Bertz CT molecular complexity index is 347. The minimum absolute atomic E-state index is 0.0122. The Hall–Kier alpha value is -1.09. The van der Waals surface area contributed by atoms with Gasteiger partial charge in [-0.15, -0.1) is 0 Å². The number of carbonyl (C=O) groups excluding carboxylic acids is 1. The van der Waals surface area contributed by atoms with Gasteiger partial charge in [-0.25, -0.2) is 0 Å². The molecule has 0 fully saturated rings. The van der Waals surface area contributed by atoms with Crippen molar-refractivity contribution >= 4 is 27.9 Å². The first-order valence-corrected chi connectivity index (χ1v) is 5.15. The molecule has 0 spiro atoms. The predicted octanol–water partition coefficient (Wildman–Crippen LogP) is 2.60. The van der Waals surface area contributed by atoms with E-state index in [1.165, 1.54) is 6.92 Å². The highest BCUT2D eigenvalue weighted by Gasteiger charge is 1.92. The zero-order valence-corrected chi connectivity index (χ0v) is 9.54. The number of rotatable bonds is 3. The maximum Gasteiger partial charge on any atom is 0.217 e. The topological polar surface area (TPSA) is 29.1 Å². The first kappa shape index (κ1) is 11.0. The Morgan fingerprint density at radius 3 is 2.86 bits per heavy atom. The van der Waals surface area contributed by atoms with Crippen LogP contribution in [0.5, 0.6) is 0 Å². The normalized spacial score (nSPS) is 10.4. The van der Waals surface area contributed by atoms with Crippen molar-refractivity contribution in [3.05, 3.63) is 40.4 Å². The minimum Gasteiger partial charge on any atom is -0.353 e. The van der Waals surface area contributed by atoms with Crippen molar-refractivity contribution in [2.24, 2.45) is 0 Å². The monoisotopic (exact) mass is 253 g/mol. The van der Waals surface area contributed by atoms with E-state index in [0.29, 0.717) is 6.54 Å². The van der Waals surface area contributed by atoms with Gasteiger partial charge in [0.25, 0.3) is 0 Å². The Morgan fingerprint density at radius 2 is 2.21 bits per heavy atom. The summed E-state index contributed by atoms with van der Waals surface area (Å²) in [4.78, 5) is 10.6. The number of halogens is 1. The number of carbonyl (C=O) groups is 1. The van der Waals surface area contributed by atoms with Gasteiger partial charge in [-0.05, 0) is 11.6 Å². The van der Waals surface area contributed by atoms with E-state index in [4.69, 9.17) is 0 Å². The third-order valence-electron chi connectivity index (χ3n) is 1.67. The first-order chi connectivity index (χ1) is 6.70. The van der Waals surface area contributed by atoms with Gasteiger partial charge < -0.3 is 5.32 Å². The predicted molar refractivity (Wildman–Crippen MR) is 61.9 cm³/mol. The highest BCUT2D eigenvalue weighted by atomic mass is 79.9. The van der Waals surface area contributed by atoms with Gasteiger partial charge in [-0.2, -0.15) is 0 Å². The van der Waals surface area contributed by atoms with E-state index >= 15 is 0 Å². The quantitative estimate of drug-likeness (QED) is 0.882. The molecule has 0 aliphatic heterocycles. The van der Waals surface area contributed by atoms with Crippen molar-refractivity contribution in [3.8, 4) is 0 Å². The Kier molecular flexibility index (Phi) is 4.40. The minimum atomic E-state index is -0.0122. The summed E-state index contributed by atoms with van der Waals surface area (Å²) in [6.45, 7) is 2.07. The fourth-order valence-corrected chi connectivity index (χ4v) is 1.42. The average molecular weight is 254 g/mol. The van der Waals surface area contributed by atoms with E-state index in [1.807, 2.05) is 36.4 Å². The van der Waals surface area contributed by atoms with Crippen LogP contribution in [0, 0.1) is 0 Å². The SMILES string of the molecule is CC(=O)NCC=Cc1ccccc1Br. The van der Waals surface area contributed by atoms with Crippen LogP contribution < -0.4 is 5.32 Å². The van der Waals surface area contributed by atoms with Crippen LogP contribution in [0.1, 0.15) is 12.5 Å². The standard InChI is InChI=1S/C11H12BrNO/c1-9(14)13-8-4-6-10-5-2-3-7-11(10)12/h2-7H,8H2,1H3,(H,13,14). The molecule has 1 rings (SSSR count). The van der Waals surface area contributed by atoms with Gasteiger partial charge in [0.15, 0.2) is 0 Å². The van der Waals surface area contributed by atoms with Crippen molar-refractivity contribution in [1.82, 2.24) is 5.32 Å². The summed E-state index contributed by atoms with van der Waals surface area (Å²) in [7, 11) is 0. The molecule has 1 aromatic carbocycles. The third-order valence-corrected chi connectivity index (χ3v) is 2.39. The van der Waals surface area contributed by atoms with Gasteiger partial charge in [-0.1, -0.05) is 46.3 Å². The fourth-order valence-electron chi connectivity index (χ4n) is 0.999. The molecular formula is C11H12BrNO. The van der Waals surface area contributed by atoms with Gasteiger partial charge in [0.1, 0.15) is 0 Å². The van der Waals surface area contributed by atoms with Crippen LogP contribution in [0.2, 0.25) is 0 Å². The van der Waals surface area contributed by atoms with Crippen molar-refractivity contribution < 1.29 is 4.79 Å². The lowest BCUT2D eigenvalue weighted by molar-refractivity contribution is -0.118. The van der Waals surface area contributed by atoms with Crippen LogP contribution in [0.3, 0.4) is 0 Å². The molecule has 0 bridgehead atoms. The molecule has 0 aliphatic carbocycles. The molecule has 0 saturated carbocycles. The second-order valence-electron chi connectivity index (χ2n) is 2.86. The molecule has 1 N–H and O–H groups in total. The molecule has 1 amide bonds. The second-order valence-corrected chi connectivity index (χ2v) is 3.72. The largest absolute Gasteiger partial charge is 0.353 e. The molecule has 74 valence electrons. The van der Waals surface area contributed by atoms with Crippen LogP contribution in [0.25, 0.3) is 6.08 Å². The highest BCUT2D eigenvalue weighted by Crippen LogP contribution is 2.16. The Balaban J connectivity index is 2.52. The molecule has 0 aromatic heterocycles. The van der Waals surface area contributed by atoms with Gasteiger partial charge in [-0.3, -0.25) is 4.79 Å². The zero-order chi connectivity index (χ0) is 10.4. The van der Waals surface area contributed by atoms with E-state index < -0.39 is 0 Å². The second kappa shape index (κ2) is 5.60. The molecule has 0 radical (unpaired) electrons. The summed E-state index contributed by atoms with van der Waals surface area (Å²) >= 11 is 3.44. The summed E-state index contributed by atoms with van der Waals surface area (Å²) in [5, 5.41) is 2.69. The molecule has 3 heteroatoms. The molecule has 2 nitrogen and oxygen atoms in total. The summed E-state index contributed by atoms with van der Waals surface area (Å²) in [6, 6.07) is 7.94. The van der Waals surface area contributed by atoms with Crippen LogP contribution in [0.4, 0.5) is 0 Å². The van der Waals surface area contributed by atoms with Gasteiger partial charge in [0.05, 0.1) is 0 Å². The van der Waals surface area contributed by atoms with Gasteiger partial charge in [0.2, 0.25) is 5.91 Å². The lowest BCUT2D eigenvalue weighted by Crippen LogP contribution is -2.19. The van der Waals surface area contributed by atoms with Gasteiger partial charge in [0, 0.05) is 17.9 Å². The van der Waals surface area contributed by atoms with Crippen molar-refractivity contribution in [1.29, 1.82) is 0 Å². The van der Waals surface area contributed by atoms with E-state index in [-0.39, 0.29) is 5.91 Å². The van der Waals surface area contributed by atoms with E-state index in [0.717, 1.165) is 10.0 Å². The molecule has 0 atom stereocenters. The number of hydrogen-bond donors (Lipinski definition) is 1.